The summed E-state index contributed by atoms with van der Waals surface area (Å²) in [7, 11) is 1.57. The van der Waals surface area contributed by atoms with Crippen molar-refractivity contribution in [2.45, 2.75) is 18.8 Å². The quantitative estimate of drug-likeness (QED) is 0.880. The molecule has 144 valence electrons. The van der Waals surface area contributed by atoms with E-state index >= 15 is 0 Å². The van der Waals surface area contributed by atoms with Crippen molar-refractivity contribution in [3.05, 3.63) is 59.7 Å². The molecule has 1 heterocycles. The predicted molar refractivity (Wildman–Crippen MR) is 92.7 cm³/mol. The van der Waals surface area contributed by atoms with Gasteiger partial charge in [0.15, 0.2) is 17.6 Å². The van der Waals surface area contributed by atoms with E-state index in [2.05, 4.69) is 5.32 Å². The number of alkyl halides is 3. The molecule has 0 saturated carbocycles. The minimum Gasteiger partial charge on any atom is -0.486 e. The number of rotatable bonds is 4. The number of hydrogen-bond acceptors (Lipinski definition) is 3. The van der Waals surface area contributed by atoms with Crippen LogP contribution >= 0.6 is 0 Å². The van der Waals surface area contributed by atoms with Crippen molar-refractivity contribution >= 4 is 6.03 Å². The molecule has 0 aliphatic carbocycles. The second-order valence-electron chi connectivity index (χ2n) is 6.23. The Morgan fingerprint density at radius 3 is 2.48 bits per heavy atom. The van der Waals surface area contributed by atoms with Crippen LogP contribution in [0, 0.1) is 0 Å². The van der Waals surface area contributed by atoms with Crippen LogP contribution in [0.4, 0.5) is 18.0 Å². The van der Waals surface area contributed by atoms with Crippen molar-refractivity contribution < 1.29 is 27.4 Å². The molecular formula is C19H19F3N2O3. The largest absolute Gasteiger partial charge is 0.486 e. The van der Waals surface area contributed by atoms with Gasteiger partial charge in [-0.05, 0) is 29.8 Å². The maximum atomic E-state index is 12.6. The molecule has 27 heavy (non-hydrogen) atoms. The van der Waals surface area contributed by atoms with Gasteiger partial charge in [0.25, 0.3) is 0 Å². The summed E-state index contributed by atoms with van der Waals surface area (Å²) in [4.78, 5) is 13.6. The first-order chi connectivity index (χ1) is 12.8. The fourth-order valence-corrected chi connectivity index (χ4v) is 2.64. The van der Waals surface area contributed by atoms with E-state index in [1.807, 2.05) is 18.2 Å². The number of fused-ring (bicyclic) bond motifs is 1. The molecule has 0 unspecified atom stereocenters. The number of ether oxygens (including phenoxy) is 2. The fraction of sp³-hybridized carbons (Fsp3) is 0.316. The third-order valence-corrected chi connectivity index (χ3v) is 4.10. The van der Waals surface area contributed by atoms with Crippen molar-refractivity contribution in [2.24, 2.45) is 0 Å². The summed E-state index contributed by atoms with van der Waals surface area (Å²) in [5, 5.41) is 2.74. The molecule has 2 amide bonds. The average Bonchev–Trinajstić information content (AvgIpc) is 2.65. The van der Waals surface area contributed by atoms with E-state index in [0.717, 1.165) is 12.1 Å². The number of nitrogens with one attached hydrogen (secondary N) is 1. The second-order valence-corrected chi connectivity index (χ2v) is 6.23. The number of amides is 2. The van der Waals surface area contributed by atoms with Gasteiger partial charge in [0.2, 0.25) is 0 Å². The van der Waals surface area contributed by atoms with Crippen molar-refractivity contribution in [2.75, 3.05) is 20.2 Å². The van der Waals surface area contributed by atoms with E-state index in [1.165, 1.54) is 17.0 Å². The van der Waals surface area contributed by atoms with Gasteiger partial charge < -0.3 is 19.7 Å². The Morgan fingerprint density at radius 1 is 1.15 bits per heavy atom. The SMILES string of the molecule is CN(Cc1ccc(C(F)(F)F)cc1)C(=O)NC[C@@H]1COc2ccccc2O1. The Hall–Kier alpha value is -2.90. The third kappa shape index (κ3) is 4.84. The van der Waals surface area contributed by atoms with Gasteiger partial charge in [0.1, 0.15) is 6.61 Å². The number of carbonyl (C=O) groups excluding carboxylic acids is 1. The van der Waals surface area contributed by atoms with Gasteiger partial charge in [-0.3, -0.25) is 0 Å². The van der Waals surface area contributed by atoms with Crippen molar-refractivity contribution in [3.63, 3.8) is 0 Å². The van der Waals surface area contributed by atoms with Crippen LogP contribution in [0.15, 0.2) is 48.5 Å². The summed E-state index contributed by atoms with van der Waals surface area (Å²) >= 11 is 0. The Bertz CT molecular complexity index is 794. The maximum Gasteiger partial charge on any atom is 0.416 e. The van der Waals surface area contributed by atoms with E-state index in [0.29, 0.717) is 23.7 Å². The van der Waals surface area contributed by atoms with Gasteiger partial charge in [0, 0.05) is 13.6 Å². The van der Waals surface area contributed by atoms with Gasteiger partial charge >= 0.3 is 12.2 Å². The van der Waals surface area contributed by atoms with Crippen LogP contribution in [0.1, 0.15) is 11.1 Å². The lowest BCUT2D eigenvalue weighted by Gasteiger charge is -2.27. The molecular weight excluding hydrogens is 361 g/mol. The molecule has 1 aliphatic rings. The molecule has 2 aromatic carbocycles. The molecule has 5 nitrogen and oxygen atoms in total. The highest BCUT2D eigenvalue weighted by Crippen LogP contribution is 2.31. The molecule has 0 spiro atoms. The molecule has 0 saturated heterocycles. The highest BCUT2D eigenvalue weighted by Gasteiger charge is 2.30. The Morgan fingerprint density at radius 2 is 1.81 bits per heavy atom. The maximum absolute atomic E-state index is 12.6. The van der Waals surface area contributed by atoms with Crippen LogP contribution in [-0.4, -0.2) is 37.2 Å². The number of carbonyl (C=O) groups is 1. The molecule has 1 N–H and O–H groups in total. The minimum atomic E-state index is -4.37. The van der Waals surface area contributed by atoms with Gasteiger partial charge in [-0.2, -0.15) is 13.2 Å². The summed E-state index contributed by atoms with van der Waals surface area (Å²) < 4.78 is 49.1. The Balaban J connectivity index is 1.48. The monoisotopic (exact) mass is 380 g/mol. The summed E-state index contributed by atoms with van der Waals surface area (Å²) in [6, 6.07) is 11.7. The summed E-state index contributed by atoms with van der Waals surface area (Å²) in [5.74, 6) is 1.29. The minimum absolute atomic E-state index is 0.189. The van der Waals surface area contributed by atoms with Gasteiger partial charge in [-0.1, -0.05) is 24.3 Å². The van der Waals surface area contributed by atoms with Crippen molar-refractivity contribution in [3.8, 4) is 11.5 Å². The third-order valence-electron chi connectivity index (χ3n) is 4.10. The van der Waals surface area contributed by atoms with Gasteiger partial charge in [-0.15, -0.1) is 0 Å². The van der Waals surface area contributed by atoms with E-state index in [4.69, 9.17) is 9.47 Å². The number of halogens is 3. The second kappa shape index (κ2) is 7.77. The van der Waals surface area contributed by atoms with Gasteiger partial charge in [-0.25, -0.2) is 4.79 Å². The first-order valence-electron chi connectivity index (χ1n) is 8.36. The lowest BCUT2D eigenvalue weighted by atomic mass is 10.1. The van der Waals surface area contributed by atoms with Crippen LogP contribution in [-0.2, 0) is 12.7 Å². The zero-order valence-electron chi connectivity index (χ0n) is 14.6. The molecule has 2 aromatic rings. The number of benzene rings is 2. The van der Waals surface area contributed by atoms with E-state index in [-0.39, 0.29) is 25.2 Å². The lowest BCUT2D eigenvalue weighted by molar-refractivity contribution is -0.137. The molecule has 1 aliphatic heterocycles. The van der Waals surface area contributed by atoms with E-state index < -0.39 is 11.7 Å². The van der Waals surface area contributed by atoms with E-state index in [1.54, 1.807) is 13.1 Å². The van der Waals surface area contributed by atoms with Crippen LogP contribution < -0.4 is 14.8 Å². The number of para-hydroxylation sites is 2. The zero-order chi connectivity index (χ0) is 19.4. The molecule has 3 rings (SSSR count). The number of urea groups is 1. The lowest BCUT2D eigenvalue weighted by Crippen LogP contribution is -2.44. The standard InChI is InChI=1S/C19H19F3N2O3/c1-24(11-13-6-8-14(9-7-13)19(20,21)22)18(25)23-10-15-12-26-16-4-2-3-5-17(16)27-15/h2-9,15H,10-12H2,1H3,(H,23,25)/t15-/m1/s1. The average molecular weight is 380 g/mol. The van der Waals surface area contributed by atoms with Crippen LogP contribution in [0.25, 0.3) is 0 Å². The highest BCUT2D eigenvalue weighted by atomic mass is 19.4. The molecule has 8 heteroatoms. The first-order valence-corrected chi connectivity index (χ1v) is 8.36. The number of nitrogens with zero attached hydrogens (tertiary/aromatic N) is 1. The normalized spacial score (nSPS) is 15.9. The van der Waals surface area contributed by atoms with Gasteiger partial charge in [0.05, 0.1) is 12.1 Å². The highest BCUT2D eigenvalue weighted by molar-refractivity contribution is 5.73. The molecule has 0 bridgehead atoms. The van der Waals surface area contributed by atoms with Crippen molar-refractivity contribution in [1.82, 2.24) is 10.2 Å². The summed E-state index contributed by atoms with van der Waals surface area (Å²) in [6.07, 6.45) is -4.69. The Kier molecular flexibility index (Phi) is 5.43. The smallest absolute Gasteiger partial charge is 0.416 e. The first kappa shape index (κ1) is 18.9. The summed E-state index contributed by atoms with van der Waals surface area (Å²) in [6.45, 7) is 0.763. The Labute approximate surface area is 154 Å². The van der Waals surface area contributed by atoms with E-state index in [9.17, 15) is 18.0 Å². The molecule has 0 fully saturated rings. The van der Waals surface area contributed by atoms with Crippen LogP contribution in [0.2, 0.25) is 0 Å². The number of hydrogen-bond donors (Lipinski definition) is 1. The topological polar surface area (TPSA) is 50.8 Å². The van der Waals surface area contributed by atoms with Crippen LogP contribution in [0.3, 0.4) is 0 Å². The summed E-state index contributed by atoms with van der Waals surface area (Å²) in [5.41, 5.74) is -0.111. The molecule has 0 aromatic heterocycles. The fourth-order valence-electron chi connectivity index (χ4n) is 2.64. The molecule has 1 atom stereocenters. The predicted octanol–water partition coefficient (Wildman–Crippen LogP) is 3.69. The zero-order valence-corrected chi connectivity index (χ0v) is 14.6. The van der Waals surface area contributed by atoms with Crippen molar-refractivity contribution in [1.29, 1.82) is 0 Å². The molecule has 0 radical (unpaired) electrons. The van der Waals surface area contributed by atoms with Crippen LogP contribution in [0.5, 0.6) is 11.5 Å².